The van der Waals surface area contributed by atoms with Gasteiger partial charge in [0.1, 0.15) is 6.61 Å². The molecule has 0 bridgehead atoms. The predicted molar refractivity (Wildman–Crippen MR) is 106 cm³/mol. The molecular formula is C21H25BrO4. The van der Waals surface area contributed by atoms with Crippen molar-refractivity contribution in [1.29, 1.82) is 0 Å². The first kappa shape index (κ1) is 20.3. The fourth-order valence-corrected chi connectivity index (χ4v) is 3.55. The predicted octanol–water partition coefficient (Wildman–Crippen LogP) is 5.56. The molecule has 5 heteroatoms. The van der Waals surface area contributed by atoms with Crippen molar-refractivity contribution >= 4 is 21.9 Å². The Morgan fingerprint density at radius 2 is 1.81 bits per heavy atom. The van der Waals surface area contributed by atoms with Crippen molar-refractivity contribution in [1.82, 2.24) is 0 Å². The van der Waals surface area contributed by atoms with Gasteiger partial charge >= 0.3 is 5.97 Å². The molecule has 0 aliphatic heterocycles. The highest BCUT2D eigenvalue weighted by Crippen LogP contribution is 2.40. The summed E-state index contributed by atoms with van der Waals surface area (Å²) in [6, 6.07) is 11.5. The van der Waals surface area contributed by atoms with Crippen LogP contribution in [0.5, 0.6) is 11.5 Å². The lowest BCUT2D eigenvalue weighted by molar-refractivity contribution is 0.0469. The fraction of sp³-hybridized carbons (Fsp3) is 0.381. The highest BCUT2D eigenvalue weighted by molar-refractivity contribution is 9.10. The standard InChI is InChI=1S/C21H25BrO4/c1-4-5-7-12-16-13-17(24-2)20(25-3)19(22)18(16)21(23)26-14-15-10-8-6-9-11-15/h6,8-11,13H,4-5,7,12,14H2,1-3H3. The molecule has 0 aliphatic carbocycles. The lowest BCUT2D eigenvalue weighted by atomic mass is 10.00. The lowest BCUT2D eigenvalue weighted by Crippen LogP contribution is -2.11. The van der Waals surface area contributed by atoms with Crippen molar-refractivity contribution in [2.24, 2.45) is 0 Å². The molecule has 0 aliphatic rings. The van der Waals surface area contributed by atoms with Gasteiger partial charge in [0.2, 0.25) is 0 Å². The van der Waals surface area contributed by atoms with Crippen molar-refractivity contribution in [2.45, 2.75) is 39.2 Å². The van der Waals surface area contributed by atoms with Crippen molar-refractivity contribution in [3.05, 3.63) is 57.6 Å². The maximum Gasteiger partial charge on any atom is 0.340 e. The third-order valence-corrected chi connectivity index (χ3v) is 4.92. The van der Waals surface area contributed by atoms with Gasteiger partial charge in [0.25, 0.3) is 0 Å². The van der Waals surface area contributed by atoms with Gasteiger partial charge in [0.15, 0.2) is 11.5 Å². The average Bonchev–Trinajstić information content (AvgIpc) is 2.66. The van der Waals surface area contributed by atoms with E-state index in [9.17, 15) is 4.79 Å². The Labute approximate surface area is 163 Å². The minimum Gasteiger partial charge on any atom is -0.493 e. The van der Waals surface area contributed by atoms with Crippen molar-refractivity contribution in [3.63, 3.8) is 0 Å². The third-order valence-electron chi connectivity index (χ3n) is 4.16. The van der Waals surface area contributed by atoms with Crippen molar-refractivity contribution in [3.8, 4) is 11.5 Å². The molecule has 2 rings (SSSR count). The van der Waals surface area contributed by atoms with Crippen LogP contribution >= 0.6 is 15.9 Å². The fourth-order valence-electron chi connectivity index (χ4n) is 2.78. The van der Waals surface area contributed by atoms with Crippen LogP contribution in [0.3, 0.4) is 0 Å². The van der Waals surface area contributed by atoms with Crippen LogP contribution in [0.4, 0.5) is 0 Å². The number of carbonyl (C=O) groups is 1. The first-order valence-corrected chi connectivity index (χ1v) is 9.56. The Bertz CT molecular complexity index is 729. The average molecular weight is 421 g/mol. The largest absolute Gasteiger partial charge is 0.493 e. The summed E-state index contributed by atoms with van der Waals surface area (Å²) in [4.78, 5) is 12.8. The molecule has 2 aromatic rings. The Kier molecular flexibility index (Phi) is 7.98. The molecule has 2 aromatic carbocycles. The number of unbranched alkanes of at least 4 members (excludes halogenated alkanes) is 2. The Balaban J connectivity index is 2.31. The topological polar surface area (TPSA) is 44.8 Å². The minimum atomic E-state index is -0.367. The van der Waals surface area contributed by atoms with E-state index in [2.05, 4.69) is 22.9 Å². The summed E-state index contributed by atoms with van der Waals surface area (Å²) in [6.45, 7) is 2.38. The van der Waals surface area contributed by atoms with Crippen LogP contribution in [0.1, 0.15) is 47.7 Å². The molecule has 0 heterocycles. The summed E-state index contributed by atoms with van der Waals surface area (Å²) in [5, 5.41) is 0. The summed E-state index contributed by atoms with van der Waals surface area (Å²) in [7, 11) is 3.14. The van der Waals surface area contributed by atoms with Crippen LogP contribution in [0.15, 0.2) is 40.9 Å². The zero-order valence-corrected chi connectivity index (χ0v) is 17.1. The van der Waals surface area contributed by atoms with Crippen LogP contribution in [-0.2, 0) is 17.8 Å². The highest BCUT2D eigenvalue weighted by Gasteiger charge is 2.23. The second-order valence-corrected chi connectivity index (χ2v) is 6.77. The third kappa shape index (κ3) is 5.01. The van der Waals surface area contributed by atoms with E-state index in [0.29, 0.717) is 21.5 Å². The molecule has 0 amide bonds. The SMILES string of the molecule is CCCCCc1cc(OC)c(OC)c(Br)c1C(=O)OCc1ccccc1. The Morgan fingerprint density at radius 1 is 1.08 bits per heavy atom. The first-order valence-electron chi connectivity index (χ1n) is 8.76. The molecule has 0 spiro atoms. The van der Waals surface area contributed by atoms with Gasteiger partial charge in [-0.3, -0.25) is 0 Å². The summed E-state index contributed by atoms with van der Waals surface area (Å²) in [6.07, 6.45) is 3.99. The number of hydrogen-bond acceptors (Lipinski definition) is 4. The van der Waals surface area contributed by atoms with Gasteiger partial charge < -0.3 is 14.2 Å². The van der Waals surface area contributed by atoms with Crippen LogP contribution in [0, 0.1) is 0 Å². The van der Waals surface area contributed by atoms with Crippen LogP contribution in [0.25, 0.3) is 0 Å². The van der Waals surface area contributed by atoms with Crippen LogP contribution in [-0.4, -0.2) is 20.2 Å². The molecule has 26 heavy (non-hydrogen) atoms. The number of carbonyl (C=O) groups excluding carboxylic acids is 1. The maximum absolute atomic E-state index is 12.8. The molecular weight excluding hydrogens is 396 g/mol. The zero-order valence-electron chi connectivity index (χ0n) is 15.5. The molecule has 0 atom stereocenters. The number of hydrogen-bond donors (Lipinski definition) is 0. The lowest BCUT2D eigenvalue weighted by Gasteiger charge is -2.17. The van der Waals surface area contributed by atoms with E-state index in [1.54, 1.807) is 14.2 Å². The van der Waals surface area contributed by atoms with E-state index in [0.717, 1.165) is 36.8 Å². The van der Waals surface area contributed by atoms with Gasteiger partial charge in [-0.15, -0.1) is 0 Å². The van der Waals surface area contributed by atoms with Crippen molar-refractivity contribution in [2.75, 3.05) is 14.2 Å². The summed E-state index contributed by atoms with van der Waals surface area (Å²) in [5.74, 6) is 0.733. The summed E-state index contributed by atoms with van der Waals surface area (Å²) < 4.78 is 17.0. The van der Waals surface area contributed by atoms with Gasteiger partial charge in [-0.2, -0.15) is 0 Å². The second-order valence-electron chi connectivity index (χ2n) is 5.98. The molecule has 0 N–H and O–H groups in total. The number of esters is 1. The second kappa shape index (κ2) is 10.2. The first-order chi connectivity index (χ1) is 12.6. The van der Waals surface area contributed by atoms with E-state index >= 15 is 0 Å². The van der Waals surface area contributed by atoms with Gasteiger partial charge in [0.05, 0.1) is 24.3 Å². The van der Waals surface area contributed by atoms with Gasteiger partial charge in [-0.25, -0.2) is 4.79 Å². The summed E-state index contributed by atoms with van der Waals surface area (Å²) in [5.41, 5.74) is 2.36. The van der Waals surface area contributed by atoms with E-state index < -0.39 is 0 Å². The van der Waals surface area contributed by atoms with Crippen LogP contribution in [0.2, 0.25) is 0 Å². The molecule has 140 valence electrons. The number of methoxy groups -OCH3 is 2. The zero-order chi connectivity index (χ0) is 18.9. The Hall–Kier alpha value is -2.01. The monoisotopic (exact) mass is 420 g/mol. The van der Waals surface area contributed by atoms with Crippen molar-refractivity contribution < 1.29 is 19.0 Å². The van der Waals surface area contributed by atoms with Gasteiger partial charge in [0, 0.05) is 0 Å². The van der Waals surface area contributed by atoms with E-state index in [-0.39, 0.29) is 12.6 Å². The van der Waals surface area contributed by atoms with E-state index in [4.69, 9.17) is 14.2 Å². The van der Waals surface area contributed by atoms with E-state index in [1.165, 1.54) is 0 Å². The molecule has 0 saturated heterocycles. The summed E-state index contributed by atoms with van der Waals surface area (Å²) >= 11 is 3.51. The molecule has 4 nitrogen and oxygen atoms in total. The molecule has 0 fully saturated rings. The number of rotatable bonds is 9. The minimum absolute atomic E-state index is 0.231. The normalized spacial score (nSPS) is 10.5. The van der Waals surface area contributed by atoms with Gasteiger partial charge in [-0.1, -0.05) is 50.1 Å². The maximum atomic E-state index is 12.8. The smallest absolute Gasteiger partial charge is 0.340 e. The van der Waals surface area contributed by atoms with E-state index in [1.807, 2.05) is 36.4 Å². The molecule has 0 saturated carbocycles. The van der Waals surface area contributed by atoms with Crippen LogP contribution < -0.4 is 9.47 Å². The van der Waals surface area contributed by atoms with Gasteiger partial charge in [-0.05, 0) is 46.0 Å². The Morgan fingerprint density at radius 3 is 2.42 bits per heavy atom. The molecule has 0 radical (unpaired) electrons. The quantitative estimate of drug-likeness (QED) is 0.393. The highest BCUT2D eigenvalue weighted by atomic mass is 79.9. The molecule has 0 unspecified atom stereocenters. The number of halogens is 1. The number of aryl methyl sites for hydroxylation is 1. The molecule has 0 aromatic heterocycles. The number of ether oxygens (including phenoxy) is 3. The number of benzene rings is 2.